The first-order valence-electron chi connectivity index (χ1n) is 5.83. The smallest absolute Gasteiger partial charge is 0.135 e. The highest BCUT2D eigenvalue weighted by Gasteiger charge is 2.42. The van der Waals surface area contributed by atoms with E-state index in [0.717, 1.165) is 4.90 Å². The molecule has 1 saturated heterocycles. The van der Waals surface area contributed by atoms with Crippen molar-refractivity contribution in [3.05, 3.63) is 29.3 Å². The molecule has 0 aliphatic carbocycles. The van der Waals surface area contributed by atoms with Crippen LogP contribution in [0.25, 0.3) is 0 Å². The van der Waals surface area contributed by atoms with E-state index >= 15 is 0 Å². The van der Waals surface area contributed by atoms with Crippen molar-refractivity contribution in [2.45, 2.75) is 34.7 Å². The maximum Gasteiger partial charge on any atom is 0.135 e. The molecule has 5 N–H and O–H groups in total. The maximum atomic E-state index is 10.0. The fourth-order valence-corrected chi connectivity index (χ4v) is 3.28. The lowest BCUT2D eigenvalue weighted by atomic mass is 9.98. The van der Waals surface area contributed by atoms with E-state index in [1.54, 1.807) is 18.2 Å². The molecule has 0 saturated carbocycles. The summed E-state index contributed by atoms with van der Waals surface area (Å²) >= 11 is 7.14. The van der Waals surface area contributed by atoms with Gasteiger partial charge >= 0.3 is 0 Å². The van der Waals surface area contributed by atoms with Crippen molar-refractivity contribution in [2.24, 2.45) is 5.73 Å². The molecule has 0 amide bonds. The van der Waals surface area contributed by atoms with E-state index in [9.17, 15) is 10.2 Å². The van der Waals surface area contributed by atoms with E-state index in [1.807, 2.05) is 6.07 Å². The second-order valence-corrected chi connectivity index (χ2v) is 5.97. The summed E-state index contributed by atoms with van der Waals surface area (Å²) in [5, 5.41) is 29.5. The third kappa shape index (κ3) is 3.41. The minimum atomic E-state index is -1.09. The van der Waals surface area contributed by atoms with Crippen LogP contribution in [0.1, 0.15) is 0 Å². The second-order valence-electron chi connectivity index (χ2n) is 4.36. The molecule has 0 radical (unpaired) electrons. The van der Waals surface area contributed by atoms with Crippen LogP contribution in [0.15, 0.2) is 29.2 Å². The predicted octanol–water partition coefficient (Wildman–Crippen LogP) is 0.198. The molecule has 5 atom stereocenters. The molecule has 106 valence electrons. The molecule has 19 heavy (non-hydrogen) atoms. The lowest BCUT2D eigenvalue weighted by Gasteiger charge is -2.40. The van der Waals surface area contributed by atoms with Crippen molar-refractivity contribution in [3.8, 4) is 0 Å². The normalized spacial score (nSPS) is 35.3. The summed E-state index contributed by atoms with van der Waals surface area (Å²) in [6, 6.07) is 6.25. The molecular formula is C12H16ClNO4S. The van der Waals surface area contributed by atoms with Crippen LogP contribution in [-0.2, 0) is 4.74 Å². The summed E-state index contributed by atoms with van der Waals surface area (Å²) in [6.07, 6.45) is -2.91. The quantitative estimate of drug-likeness (QED) is 0.637. The van der Waals surface area contributed by atoms with Crippen molar-refractivity contribution in [2.75, 3.05) is 6.61 Å². The number of aliphatic hydroxyl groups excluding tert-OH is 3. The van der Waals surface area contributed by atoms with Gasteiger partial charge in [-0.1, -0.05) is 29.4 Å². The van der Waals surface area contributed by atoms with Gasteiger partial charge in [0.2, 0.25) is 0 Å². The Morgan fingerprint density at radius 1 is 1.32 bits per heavy atom. The van der Waals surface area contributed by atoms with Crippen molar-refractivity contribution < 1.29 is 20.1 Å². The lowest BCUT2D eigenvalue weighted by Crippen LogP contribution is -2.61. The van der Waals surface area contributed by atoms with Gasteiger partial charge in [-0.15, -0.1) is 0 Å². The third-order valence-corrected chi connectivity index (χ3v) is 4.37. The molecule has 1 aliphatic heterocycles. The highest BCUT2D eigenvalue weighted by Crippen LogP contribution is 2.33. The SMILES string of the molecule is NC1C(O)C(CO)OC(Sc2cccc(Cl)c2)C1O. The van der Waals surface area contributed by atoms with Gasteiger partial charge in [-0.05, 0) is 18.2 Å². The molecule has 0 spiro atoms. The van der Waals surface area contributed by atoms with Crippen molar-refractivity contribution in [1.29, 1.82) is 0 Å². The number of nitrogens with two attached hydrogens (primary N) is 1. The van der Waals surface area contributed by atoms with Gasteiger partial charge in [0.05, 0.1) is 12.6 Å². The van der Waals surface area contributed by atoms with Crippen LogP contribution >= 0.6 is 23.4 Å². The van der Waals surface area contributed by atoms with Crippen LogP contribution in [0.4, 0.5) is 0 Å². The zero-order chi connectivity index (χ0) is 14.0. The minimum absolute atomic E-state index is 0.353. The van der Waals surface area contributed by atoms with Crippen LogP contribution in [-0.4, -0.2) is 51.7 Å². The van der Waals surface area contributed by atoms with E-state index in [1.165, 1.54) is 11.8 Å². The first kappa shape index (κ1) is 15.1. The molecule has 1 heterocycles. The first-order valence-corrected chi connectivity index (χ1v) is 7.09. The topological polar surface area (TPSA) is 95.9 Å². The summed E-state index contributed by atoms with van der Waals surface area (Å²) in [5.41, 5.74) is 5.07. The molecule has 7 heteroatoms. The van der Waals surface area contributed by atoms with Crippen LogP contribution in [0.3, 0.4) is 0 Å². The van der Waals surface area contributed by atoms with E-state index in [0.29, 0.717) is 5.02 Å². The standard InChI is InChI=1S/C12H16ClNO4S/c13-6-2-1-3-7(4-6)19-12-11(17)9(14)10(16)8(5-15)18-12/h1-4,8-12,15-17H,5,14H2. The largest absolute Gasteiger partial charge is 0.394 e. The first-order chi connectivity index (χ1) is 9.02. The Hall–Kier alpha value is -0.340. The Morgan fingerprint density at radius 3 is 2.68 bits per heavy atom. The van der Waals surface area contributed by atoms with Crippen LogP contribution in [0.2, 0.25) is 5.02 Å². The Labute approximate surface area is 120 Å². The van der Waals surface area contributed by atoms with Gasteiger partial charge in [0.15, 0.2) is 0 Å². The van der Waals surface area contributed by atoms with Gasteiger partial charge in [0.25, 0.3) is 0 Å². The molecule has 0 bridgehead atoms. The molecule has 2 rings (SSSR count). The predicted molar refractivity (Wildman–Crippen MR) is 73.0 cm³/mol. The van der Waals surface area contributed by atoms with Gasteiger partial charge in [-0.2, -0.15) is 0 Å². The zero-order valence-corrected chi connectivity index (χ0v) is 11.6. The monoisotopic (exact) mass is 305 g/mol. The van der Waals surface area contributed by atoms with Crippen LogP contribution < -0.4 is 5.73 Å². The summed E-state index contributed by atoms with van der Waals surface area (Å²) in [5.74, 6) is 0. The number of rotatable bonds is 3. The highest BCUT2D eigenvalue weighted by atomic mass is 35.5. The molecule has 1 fully saturated rings. The number of aliphatic hydroxyl groups is 3. The maximum absolute atomic E-state index is 10.0. The molecule has 1 aromatic rings. The Bertz CT molecular complexity index is 434. The van der Waals surface area contributed by atoms with E-state index < -0.39 is 29.8 Å². The summed E-state index contributed by atoms with van der Waals surface area (Å²) < 4.78 is 5.46. The van der Waals surface area contributed by atoms with Crippen LogP contribution in [0, 0.1) is 0 Å². The number of thioether (sulfide) groups is 1. The highest BCUT2D eigenvalue weighted by molar-refractivity contribution is 7.99. The van der Waals surface area contributed by atoms with Crippen molar-refractivity contribution in [1.82, 2.24) is 0 Å². The Morgan fingerprint density at radius 2 is 2.05 bits per heavy atom. The molecule has 1 aromatic carbocycles. The number of hydrogen-bond donors (Lipinski definition) is 4. The number of hydrogen-bond acceptors (Lipinski definition) is 6. The van der Waals surface area contributed by atoms with Crippen LogP contribution in [0.5, 0.6) is 0 Å². The van der Waals surface area contributed by atoms with Gasteiger partial charge in [0.1, 0.15) is 23.7 Å². The fourth-order valence-electron chi connectivity index (χ4n) is 1.89. The summed E-state index contributed by atoms with van der Waals surface area (Å²) in [7, 11) is 0. The third-order valence-electron chi connectivity index (χ3n) is 2.99. The van der Waals surface area contributed by atoms with E-state index in [-0.39, 0.29) is 6.61 Å². The lowest BCUT2D eigenvalue weighted by molar-refractivity contribution is -0.160. The molecule has 1 aliphatic rings. The number of halogens is 1. The summed E-state index contributed by atoms with van der Waals surface area (Å²) in [6.45, 7) is -0.353. The van der Waals surface area contributed by atoms with Crippen molar-refractivity contribution >= 4 is 23.4 Å². The molecule has 5 nitrogen and oxygen atoms in total. The van der Waals surface area contributed by atoms with Gasteiger partial charge in [-0.3, -0.25) is 0 Å². The van der Waals surface area contributed by atoms with E-state index in [2.05, 4.69) is 0 Å². The van der Waals surface area contributed by atoms with Gasteiger partial charge < -0.3 is 25.8 Å². The number of benzene rings is 1. The average molecular weight is 306 g/mol. The fraction of sp³-hybridized carbons (Fsp3) is 0.500. The zero-order valence-electron chi connectivity index (χ0n) is 10.0. The molecule has 0 aromatic heterocycles. The number of ether oxygens (including phenoxy) is 1. The van der Waals surface area contributed by atoms with Gasteiger partial charge in [-0.25, -0.2) is 0 Å². The second kappa shape index (κ2) is 6.41. The molecular weight excluding hydrogens is 290 g/mol. The Balaban J connectivity index is 2.10. The summed E-state index contributed by atoms with van der Waals surface area (Å²) in [4.78, 5) is 0.817. The minimum Gasteiger partial charge on any atom is -0.394 e. The van der Waals surface area contributed by atoms with Crippen molar-refractivity contribution in [3.63, 3.8) is 0 Å². The Kier molecular flexibility index (Phi) is 5.08. The molecule has 5 unspecified atom stereocenters. The van der Waals surface area contributed by atoms with Gasteiger partial charge in [0, 0.05) is 9.92 Å². The van der Waals surface area contributed by atoms with E-state index in [4.69, 9.17) is 27.2 Å². The average Bonchev–Trinajstić information content (AvgIpc) is 2.39.